The third-order valence-electron chi connectivity index (χ3n) is 7.18. The highest BCUT2D eigenvalue weighted by Crippen LogP contribution is 2.55. The maximum atomic E-state index is 13.2. The molecule has 2 N–H and O–H groups in total. The monoisotopic (exact) mass is 444 g/mol. The summed E-state index contributed by atoms with van der Waals surface area (Å²) in [5.74, 6) is -5.33. The summed E-state index contributed by atoms with van der Waals surface area (Å²) < 4.78 is 5.83. The topological polar surface area (TPSA) is 101 Å². The van der Waals surface area contributed by atoms with Crippen molar-refractivity contribution < 1.29 is 29.3 Å². The zero-order chi connectivity index (χ0) is 23.3. The Kier molecular flexibility index (Phi) is 8.32. The normalized spacial score (nSPS) is 24.8. The number of carbonyl (C=O) groups is 3. The minimum Gasteiger partial charge on any atom is -0.508 e. The molecule has 0 spiro atoms. The van der Waals surface area contributed by atoms with E-state index in [0.29, 0.717) is 12.0 Å². The molecule has 0 radical (unpaired) electrons. The van der Waals surface area contributed by atoms with E-state index in [2.05, 4.69) is 6.92 Å². The Morgan fingerprint density at radius 1 is 1.03 bits per heavy atom. The Bertz CT molecular complexity index is 832. The standard InChI is InChI=1S/C26H36O6/c1-3-5-6-7-8-9-10-11-17(4-2)32-26(31)23-20-15-21(28)22(24(23)25(29)30)19-14-16(27)12-13-18(19)20/h12-14,17,20,22-24,27H,3-11,15H2,1-2H3,(H,29,30). The van der Waals surface area contributed by atoms with Gasteiger partial charge in [-0.25, -0.2) is 0 Å². The number of phenols is 1. The number of ketones is 1. The van der Waals surface area contributed by atoms with Crippen LogP contribution in [0.15, 0.2) is 18.2 Å². The predicted molar refractivity (Wildman–Crippen MR) is 121 cm³/mol. The van der Waals surface area contributed by atoms with Crippen LogP contribution in [-0.2, 0) is 19.1 Å². The van der Waals surface area contributed by atoms with E-state index in [0.717, 1.165) is 24.8 Å². The molecular weight excluding hydrogens is 408 g/mol. The first-order valence-electron chi connectivity index (χ1n) is 12.2. The van der Waals surface area contributed by atoms with E-state index in [1.807, 2.05) is 6.92 Å². The molecule has 6 heteroatoms. The van der Waals surface area contributed by atoms with Gasteiger partial charge in [0.05, 0.1) is 17.8 Å². The number of unbranched alkanes of at least 4 members (excludes halogenated alkanes) is 6. The van der Waals surface area contributed by atoms with E-state index < -0.39 is 35.6 Å². The number of Topliss-reactive ketones (excluding diaryl/α,β-unsaturated/α-hetero) is 1. The molecule has 5 unspecified atom stereocenters. The number of aromatic hydroxyl groups is 1. The Balaban J connectivity index is 1.68. The SMILES string of the molecule is CCCCCCCCCC(CC)OC(=O)C1C2CC(=O)C(c3cc(O)ccc32)C1C(=O)O. The molecule has 0 heterocycles. The maximum Gasteiger partial charge on any atom is 0.310 e. The summed E-state index contributed by atoms with van der Waals surface area (Å²) in [6, 6.07) is 4.71. The number of carboxylic acids is 1. The van der Waals surface area contributed by atoms with Gasteiger partial charge in [-0.05, 0) is 42.5 Å². The Hall–Kier alpha value is -2.37. The van der Waals surface area contributed by atoms with Crippen LogP contribution >= 0.6 is 0 Å². The van der Waals surface area contributed by atoms with Crippen molar-refractivity contribution in [2.45, 2.75) is 96.0 Å². The molecule has 0 amide bonds. The molecule has 4 rings (SSSR count). The summed E-state index contributed by atoms with van der Waals surface area (Å²) in [7, 11) is 0. The second-order valence-corrected chi connectivity index (χ2v) is 9.33. The van der Waals surface area contributed by atoms with E-state index in [-0.39, 0.29) is 24.1 Å². The number of fused-ring (bicyclic) bond motifs is 2. The van der Waals surface area contributed by atoms with Crippen LogP contribution in [0, 0.1) is 11.8 Å². The molecule has 5 atom stereocenters. The summed E-state index contributed by atoms with van der Waals surface area (Å²) in [5, 5.41) is 19.8. The average Bonchev–Trinajstić information content (AvgIpc) is 2.76. The molecule has 0 saturated heterocycles. The van der Waals surface area contributed by atoms with Crippen molar-refractivity contribution >= 4 is 17.7 Å². The predicted octanol–water partition coefficient (Wildman–Crippen LogP) is 5.33. The molecule has 32 heavy (non-hydrogen) atoms. The third kappa shape index (κ3) is 5.16. The van der Waals surface area contributed by atoms with Gasteiger partial charge in [0.2, 0.25) is 0 Å². The van der Waals surface area contributed by atoms with Gasteiger partial charge in [-0.15, -0.1) is 0 Å². The number of carbonyl (C=O) groups excluding carboxylic acids is 2. The quantitative estimate of drug-likeness (QED) is 0.334. The van der Waals surface area contributed by atoms with E-state index in [1.54, 1.807) is 6.07 Å². The Labute approximate surface area is 190 Å². The number of phenolic OH excluding ortho intramolecular Hbond substituents is 1. The van der Waals surface area contributed by atoms with Gasteiger partial charge in [0.1, 0.15) is 17.6 Å². The number of aliphatic carboxylic acids is 1. The minimum atomic E-state index is -1.16. The first-order valence-corrected chi connectivity index (χ1v) is 12.2. The van der Waals surface area contributed by atoms with Crippen LogP contribution in [0.25, 0.3) is 0 Å². The van der Waals surface area contributed by atoms with Gasteiger partial charge in [-0.2, -0.15) is 0 Å². The summed E-state index contributed by atoms with van der Waals surface area (Å²) in [4.78, 5) is 38.0. The lowest BCUT2D eigenvalue weighted by Crippen LogP contribution is -2.50. The molecule has 1 aromatic rings. The van der Waals surface area contributed by atoms with Gasteiger partial charge in [0, 0.05) is 12.3 Å². The lowest BCUT2D eigenvalue weighted by atomic mass is 9.55. The molecule has 6 nitrogen and oxygen atoms in total. The molecular formula is C26H36O6. The molecule has 0 aliphatic heterocycles. The van der Waals surface area contributed by atoms with Crippen LogP contribution in [0.2, 0.25) is 0 Å². The summed E-state index contributed by atoms with van der Waals surface area (Å²) in [6.45, 7) is 4.17. The summed E-state index contributed by atoms with van der Waals surface area (Å²) in [5.41, 5.74) is 1.32. The highest BCUT2D eigenvalue weighted by atomic mass is 16.5. The van der Waals surface area contributed by atoms with Crippen LogP contribution in [0.5, 0.6) is 5.75 Å². The number of esters is 1. The van der Waals surface area contributed by atoms with Gasteiger partial charge < -0.3 is 14.9 Å². The van der Waals surface area contributed by atoms with Crippen LogP contribution in [-0.4, -0.2) is 34.0 Å². The molecule has 1 fully saturated rings. The molecule has 0 aromatic heterocycles. The van der Waals surface area contributed by atoms with Gasteiger partial charge in [0.15, 0.2) is 0 Å². The minimum absolute atomic E-state index is 0.00638. The molecule has 2 bridgehead atoms. The highest BCUT2D eigenvalue weighted by molar-refractivity contribution is 5.98. The number of carboxylic acid groups (broad SMARTS) is 1. The zero-order valence-electron chi connectivity index (χ0n) is 19.2. The number of hydrogen-bond acceptors (Lipinski definition) is 5. The fourth-order valence-electron chi connectivity index (χ4n) is 5.49. The summed E-state index contributed by atoms with van der Waals surface area (Å²) >= 11 is 0. The molecule has 3 aliphatic rings. The van der Waals surface area contributed by atoms with E-state index in [9.17, 15) is 24.6 Å². The fraction of sp³-hybridized carbons (Fsp3) is 0.654. The molecule has 176 valence electrons. The summed E-state index contributed by atoms with van der Waals surface area (Å²) in [6.07, 6.45) is 9.64. The Morgan fingerprint density at radius 3 is 2.38 bits per heavy atom. The smallest absolute Gasteiger partial charge is 0.310 e. The first kappa shape index (κ1) is 24.3. The second kappa shape index (κ2) is 11.0. The van der Waals surface area contributed by atoms with Crippen molar-refractivity contribution in [3.05, 3.63) is 29.3 Å². The lowest BCUT2D eigenvalue weighted by molar-refractivity contribution is -0.168. The fourth-order valence-corrected chi connectivity index (χ4v) is 5.49. The number of rotatable bonds is 12. The Morgan fingerprint density at radius 2 is 1.72 bits per heavy atom. The second-order valence-electron chi connectivity index (χ2n) is 9.33. The largest absolute Gasteiger partial charge is 0.508 e. The van der Waals surface area contributed by atoms with Crippen LogP contribution in [0.1, 0.15) is 101 Å². The van der Waals surface area contributed by atoms with Gasteiger partial charge in [-0.1, -0.05) is 58.4 Å². The number of ether oxygens (including phenoxy) is 1. The number of hydrogen-bond donors (Lipinski definition) is 2. The van der Waals surface area contributed by atoms with E-state index in [4.69, 9.17) is 4.74 Å². The van der Waals surface area contributed by atoms with Crippen LogP contribution in [0.4, 0.5) is 0 Å². The first-order chi connectivity index (χ1) is 15.4. The number of benzene rings is 1. The lowest BCUT2D eigenvalue weighted by Gasteiger charge is -2.45. The molecule has 3 aliphatic carbocycles. The van der Waals surface area contributed by atoms with Gasteiger partial charge >= 0.3 is 11.9 Å². The zero-order valence-corrected chi connectivity index (χ0v) is 19.2. The highest BCUT2D eigenvalue weighted by Gasteiger charge is 2.57. The van der Waals surface area contributed by atoms with Crippen molar-refractivity contribution in [2.75, 3.05) is 0 Å². The molecule has 1 saturated carbocycles. The van der Waals surface area contributed by atoms with Crippen molar-refractivity contribution in [2.24, 2.45) is 11.8 Å². The van der Waals surface area contributed by atoms with Crippen molar-refractivity contribution in [1.82, 2.24) is 0 Å². The van der Waals surface area contributed by atoms with Crippen molar-refractivity contribution in [3.63, 3.8) is 0 Å². The van der Waals surface area contributed by atoms with Crippen LogP contribution in [0.3, 0.4) is 0 Å². The van der Waals surface area contributed by atoms with Gasteiger partial charge in [-0.3, -0.25) is 14.4 Å². The molecule has 1 aromatic carbocycles. The van der Waals surface area contributed by atoms with Crippen molar-refractivity contribution in [3.8, 4) is 5.75 Å². The van der Waals surface area contributed by atoms with E-state index in [1.165, 1.54) is 44.2 Å². The average molecular weight is 445 g/mol. The third-order valence-corrected chi connectivity index (χ3v) is 7.18. The van der Waals surface area contributed by atoms with Gasteiger partial charge in [0.25, 0.3) is 0 Å². The van der Waals surface area contributed by atoms with E-state index >= 15 is 0 Å². The maximum absolute atomic E-state index is 13.2. The van der Waals surface area contributed by atoms with Crippen LogP contribution < -0.4 is 0 Å². The van der Waals surface area contributed by atoms with Crippen molar-refractivity contribution in [1.29, 1.82) is 0 Å².